The summed E-state index contributed by atoms with van der Waals surface area (Å²) < 4.78 is 0. The van der Waals surface area contributed by atoms with Gasteiger partial charge in [0.25, 0.3) is 0 Å². The molecule has 0 aromatic heterocycles. The van der Waals surface area contributed by atoms with Crippen LogP contribution in [0.3, 0.4) is 0 Å². The van der Waals surface area contributed by atoms with Gasteiger partial charge in [0.2, 0.25) is 11.8 Å². The molecule has 0 aliphatic heterocycles. The first-order valence-corrected chi connectivity index (χ1v) is 4.90. The quantitative estimate of drug-likeness (QED) is 0.425. The summed E-state index contributed by atoms with van der Waals surface area (Å²) in [7, 11) is 0. The van der Waals surface area contributed by atoms with E-state index >= 15 is 0 Å². The lowest BCUT2D eigenvalue weighted by atomic mass is 9.99. The van der Waals surface area contributed by atoms with Crippen LogP contribution in [-0.2, 0) is 9.59 Å². The van der Waals surface area contributed by atoms with Crippen molar-refractivity contribution >= 4 is 11.8 Å². The van der Waals surface area contributed by atoms with E-state index in [0.29, 0.717) is 0 Å². The lowest BCUT2D eigenvalue weighted by Crippen LogP contribution is -2.53. The van der Waals surface area contributed by atoms with Crippen LogP contribution in [0.15, 0.2) is 0 Å². The molecule has 0 saturated heterocycles. The largest absolute Gasteiger partial charge is 0.394 e. The second-order valence-corrected chi connectivity index (χ2v) is 3.56. The van der Waals surface area contributed by atoms with E-state index in [1.54, 1.807) is 0 Å². The molecular weight excluding hydrogens is 198 g/mol. The molecule has 0 bridgehead atoms. The number of aliphatic hydroxyl groups is 1. The van der Waals surface area contributed by atoms with Crippen molar-refractivity contribution in [2.24, 2.45) is 17.4 Å². The number of amides is 2. The highest BCUT2D eigenvalue weighted by Crippen LogP contribution is 2.05. The molecular formula is C9H19N3O3. The Hall–Kier alpha value is -1.14. The van der Waals surface area contributed by atoms with Crippen molar-refractivity contribution in [1.82, 2.24) is 5.32 Å². The molecule has 0 radical (unpaired) electrons. The van der Waals surface area contributed by atoms with Gasteiger partial charge in [-0.1, -0.05) is 20.3 Å². The van der Waals surface area contributed by atoms with Gasteiger partial charge in [-0.05, 0) is 5.92 Å². The average Bonchev–Trinajstić information content (AvgIpc) is 2.22. The number of aliphatic hydroxyl groups excluding tert-OH is 1. The third kappa shape index (κ3) is 4.26. The van der Waals surface area contributed by atoms with Gasteiger partial charge in [-0.25, -0.2) is 0 Å². The van der Waals surface area contributed by atoms with Gasteiger partial charge >= 0.3 is 0 Å². The van der Waals surface area contributed by atoms with Gasteiger partial charge in [-0.15, -0.1) is 0 Å². The van der Waals surface area contributed by atoms with Crippen LogP contribution in [-0.4, -0.2) is 35.6 Å². The zero-order valence-corrected chi connectivity index (χ0v) is 9.06. The zero-order chi connectivity index (χ0) is 12.0. The summed E-state index contributed by atoms with van der Waals surface area (Å²) in [6.07, 6.45) is 0.759. The molecule has 2 amide bonds. The summed E-state index contributed by atoms with van der Waals surface area (Å²) in [6, 6.07) is -1.75. The SMILES string of the molecule is CC[C@@H](C)[C@H](N)C(=O)N[C@@H](CO)C(N)=O. The molecule has 0 heterocycles. The van der Waals surface area contributed by atoms with Gasteiger partial charge in [0.1, 0.15) is 6.04 Å². The fourth-order valence-corrected chi connectivity index (χ4v) is 0.987. The number of nitrogens with one attached hydrogen (secondary N) is 1. The first kappa shape index (κ1) is 13.9. The Morgan fingerprint density at radius 3 is 2.33 bits per heavy atom. The van der Waals surface area contributed by atoms with E-state index in [1.165, 1.54) is 0 Å². The van der Waals surface area contributed by atoms with E-state index in [4.69, 9.17) is 16.6 Å². The molecule has 0 unspecified atom stereocenters. The molecule has 6 heteroatoms. The number of hydrogen-bond donors (Lipinski definition) is 4. The van der Waals surface area contributed by atoms with Crippen molar-refractivity contribution in [1.29, 1.82) is 0 Å². The van der Waals surface area contributed by atoms with Crippen LogP contribution in [0.4, 0.5) is 0 Å². The second kappa shape index (κ2) is 6.36. The van der Waals surface area contributed by atoms with E-state index in [1.807, 2.05) is 13.8 Å². The molecule has 0 aliphatic carbocycles. The van der Waals surface area contributed by atoms with Crippen LogP contribution in [0.25, 0.3) is 0 Å². The smallest absolute Gasteiger partial charge is 0.242 e. The number of carbonyl (C=O) groups is 2. The minimum Gasteiger partial charge on any atom is -0.394 e. The van der Waals surface area contributed by atoms with Crippen LogP contribution in [0.5, 0.6) is 0 Å². The normalized spacial score (nSPS) is 16.5. The van der Waals surface area contributed by atoms with E-state index < -0.39 is 30.5 Å². The summed E-state index contributed by atoms with van der Waals surface area (Å²) in [5.74, 6) is -1.23. The maximum Gasteiger partial charge on any atom is 0.242 e. The molecule has 15 heavy (non-hydrogen) atoms. The predicted octanol–water partition coefficient (Wildman–Crippen LogP) is -1.68. The van der Waals surface area contributed by atoms with Gasteiger partial charge < -0.3 is 21.9 Å². The van der Waals surface area contributed by atoms with Crippen LogP contribution in [0.2, 0.25) is 0 Å². The first-order valence-electron chi connectivity index (χ1n) is 4.90. The van der Waals surface area contributed by atoms with Crippen LogP contribution < -0.4 is 16.8 Å². The molecule has 0 aromatic carbocycles. The second-order valence-electron chi connectivity index (χ2n) is 3.56. The Kier molecular flexibility index (Phi) is 5.88. The summed E-state index contributed by atoms with van der Waals surface area (Å²) in [5.41, 5.74) is 10.6. The minimum absolute atomic E-state index is 0.0113. The van der Waals surface area contributed by atoms with E-state index in [-0.39, 0.29) is 5.92 Å². The lowest BCUT2D eigenvalue weighted by molar-refractivity contribution is -0.129. The van der Waals surface area contributed by atoms with Crippen LogP contribution in [0, 0.1) is 5.92 Å². The molecule has 0 spiro atoms. The fourth-order valence-electron chi connectivity index (χ4n) is 0.987. The van der Waals surface area contributed by atoms with Gasteiger partial charge in [0.15, 0.2) is 0 Å². The molecule has 0 saturated carbocycles. The third-order valence-electron chi connectivity index (χ3n) is 2.40. The highest BCUT2D eigenvalue weighted by atomic mass is 16.3. The summed E-state index contributed by atoms with van der Waals surface area (Å²) in [6.45, 7) is 3.23. The van der Waals surface area contributed by atoms with Gasteiger partial charge in [0, 0.05) is 0 Å². The Labute approximate surface area is 89.0 Å². The first-order chi connectivity index (χ1) is 6.93. The van der Waals surface area contributed by atoms with Gasteiger partial charge in [0.05, 0.1) is 12.6 Å². The molecule has 0 rings (SSSR count). The molecule has 0 aromatic rings. The van der Waals surface area contributed by atoms with E-state index in [0.717, 1.165) is 6.42 Å². The Morgan fingerprint density at radius 2 is 2.00 bits per heavy atom. The third-order valence-corrected chi connectivity index (χ3v) is 2.40. The molecule has 6 nitrogen and oxygen atoms in total. The van der Waals surface area contributed by atoms with Crippen molar-refractivity contribution in [3.63, 3.8) is 0 Å². The molecule has 0 aliphatic rings. The maximum atomic E-state index is 11.5. The average molecular weight is 217 g/mol. The number of primary amides is 1. The number of nitrogens with two attached hydrogens (primary N) is 2. The Bertz CT molecular complexity index is 233. The summed E-state index contributed by atoms with van der Waals surface area (Å²) >= 11 is 0. The Balaban J connectivity index is 4.28. The fraction of sp³-hybridized carbons (Fsp3) is 0.778. The molecule has 3 atom stereocenters. The molecule has 6 N–H and O–H groups in total. The van der Waals surface area contributed by atoms with Crippen LogP contribution in [0.1, 0.15) is 20.3 Å². The minimum atomic E-state index is -1.06. The monoisotopic (exact) mass is 217 g/mol. The standard InChI is InChI=1S/C9H19N3O3/c1-3-5(2)7(10)9(15)12-6(4-13)8(11)14/h5-7,13H,3-4,10H2,1-2H3,(H2,11,14)(H,12,15)/t5-,6+,7+/m1/s1. The number of carbonyl (C=O) groups excluding carboxylic acids is 2. The Morgan fingerprint density at radius 1 is 1.47 bits per heavy atom. The van der Waals surface area contributed by atoms with Gasteiger partial charge in [-0.3, -0.25) is 9.59 Å². The van der Waals surface area contributed by atoms with Crippen molar-refractivity contribution in [3.05, 3.63) is 0 Å². The zero-order valence-electron chi connectivity index (χ0n) is 9.06. The lowest BCUT2D eigenvalue weighted by Gasteiger charge is -2.20. The van der Waals surface area contributed by atoms with Gasteiger partial charge in [-0.2, -0.15) is 0 Å². The molecule has 88 valence electrons. The van der Waals surface area contributed by atoms with E-state index in [2.05, 4.69) is 5.32 Å². The highest BCUT2D eigenvalue weighted by molar-refractivity contribution is 5.89. The predicted molar refractivity (Wildman–Crippen MR) is 55.6 cm³/mol. The summed E-state index contributed by atoms with van der Waals surface area (Å²) in [5, 5.41) is 11.1. The van der Waals surface area contributed by atoms with Crippen molar-refractivity contribution in [2.75, 3.05) is 6.61 Å². The summed E-state index contributed by atoms with van der Waals surface area (Å²) in [4.78, 5) is 22.2. The number of hydrogen-bond acceptors (Lipinski definition) is 4. The van der Waals surface area contributed by atoms with Crippen LogP contribution >= 0.6 is 0 Å². The van der Waals surface area contributed by atoms with Crippen molar-refractivity contribution < 1.29 is 14.7 Å². The topological polar surface area (TPSA) is 118 Å². The molecule has 0 fully saturated rings. The van der Waals surface area contributed by atoms with E-state index in [9.17, 15) is 9.59 Å². The number of rotatable bonds is 6. The van der Waals surface area contributed by atoms with Crippen molar-refractivity contribution in [2.45, 2.75) is 32.4 Å². The van der Waals surface area contributed by atoms with Crippen molar-refractivity contribution in [3.8, 4) is 0 Å². The highest BCUT2D eigenvalue weighted by Gasteiger charge is 2.23. The maximum absolute atomic E-state index is 11.5.